The largest absolute Gasteiger partial charge is 0.370 e. The van der Waals surface area contributed by atoms with Gasteiger partial charge in [-0.3, -0.25) is 0 Å². The third-order valence-corrected chi connectivity index (χ3v) is 0.172. The second-order valence-electron chi connectivity index (χ2n) is 0.518. The Hall–Kier alpha value is -0.870. The number of carbonyl (C=O) groups excluding carboxylic acids is 1. The van der Waals surface area contributed by atoms with Crippen molar-refractivity contribution in [3.8, 4) is 0 Å². The van der Waals surface area contributed by atoms with E-state index in [1.165, 1.54) is 0 Å². The normalized spacial score (nSPS) is 7.00. The quantitative estimate of drug-likeness (QED) is 0.411. The Morgan fingerprint density at radius 2 is 1.67 bits per heavy atom. The van der Waals surface area contributed by atoms with E-state index in [2.05, 4.69) is 0 Å². The van der Waals surface area contributed by atoms with Crippen molar-refractivity contribution >= 4 is 6.03 Å². The van der Waals surface area contributed by atoms with Gasteiger partial charge in [-0.1, -0.05) is 8.96 Å². The number of urea groups is 1. The van der Waals surface area contributed by atoms with Gasteiger partial charge in [-0.15, -0.1) is 0 Å². The van der Waals surface area contributed by atoms with E-state index in [-0.39, 0.29) is 0 Å². The van der Waals surface area contributed by atoms with Crippen molar-refractivity contribution in [3.05, 3.63) is 0 Å². The summed E-state index contributed by atoms with van der Waals surface area (Å²) < 4.78 is 21.0. The molecular formula is CH2F2N2O. The number of halogens is 2. The molecule has 6 heavy (non-hydrogen) atoms. The van der Waals surface area contributed by atoms with Crippen LogP contribution < -0.4 is 11.1 Å². The van der Waals surface area contributed by atoms with Crippen LogP contribution in [0.2, 0.25) is 0 Å². The van der Waals surface area contributed by atoms with Gasteiger partial charge in [0.1, 0.15) is 0 Å². The molecule has 0 saturated carbocycles. The van der Waals surface area contributed by atoms with Gasteiger partial charge in [0.2, 0.25) is 0 Å². The predicted molar refractivity (Wildman–Crippen MR) is 13.9 cm³/mol. The minimum Gasteiger partial charge on any atom is -0.244 e. The van der Waals surface area contributed by atoms with E-state index < -0.39 is 6.03 Å². The molecule has 2 amide bonds. The molecule has 0 aromatic rings. The van der Waals surface area contributed by atoms with Gasteiger partial charge in [0, 0.05) is 0 Å². The molecule has 0 bridgehead atoms. The molecule has 0 saturated heterocycles. The first-order chi connectivity index (χ1) is 2.81. The number of rotatable bonds is 0. The van der Waals surface area contributed by atoms with E-state index in [0.717, 1.165) is 0 Å². The standard InChI is InChI=1S/CH2F2N2O/c2-4-1(6)5-3/h(H2,4,5,6). The SMILES string of the molecule is O=C(NF)NF. The van der Waals surface area contributed by atoms with E-state index in [9.17, 15) is 13.8 Å². The van der Waals surface area contributed by atoms with Crippen molar-refractivity contribution in [1.82, 2.24) is 11.1 Å². The zero-order chi connectivity index (χ0) is 4.99. The summed E-state index contributed by atoms with van der Waals surface area (Å²) in [6, 6.07) is -1.49. The van der Waals surface area contributed by atoms with Crippen LogP contribution in [0, 0.1) is 0 Å². The van der Waals surface area contributed by atoms with Crippen molar-refractivity contribution in [1.29, 1.82) is 0 Å². The Morgan fingerprint density at radius 3 is 1.67 bits per heavy atom. The van der Waals surface area contributed by atoms with Gasteiger partial charge < -0.3 is 0 Å². The molecular weight excluding hydrogens is 94.0 g/mol. The number of nitrogens with one attached hydrogen (secondary N) is 2. The Morgan fingerprint density at radius 1 is 1.33 bits per heavy atom. The van der Waals surface area contributed by atoms with Crippen LogP contribution in [0.3, 0.4) is 0 Å². The maximum Gasteiger partial charge on any atom is 0.370 e. The second-order valence-corrected chi connectivity index (χ2v) is 0.518. The lowest BCUT2D eigenvalue weighted by molar-refractivity contribution is 0.194. The maximum absolute atomic E-state index is 10.5. The Bertz CT molecular complexity index is 49.5. The van der Waals surface area contributed by atoms with Gasteiger partial charge in [0.05, 0.1) is 0 Å². The van der Waals surface area contributed by atoms with Gasteiger partial charge >= 0.3 is 6.03 Å². The highest BCUT2D eigenvalue weighted by Gasteiger charge is 1.89. The van der Waals surface area contributed by atoms with Crippen molar-refractivity contribution < 1.29 is 13.8 Å². The third-order valence-electron chi connectivity index (χ3n) is 0.172. The van der Waals surface area contributed by atoms with Gasteiger partial charge in [-0.05, 0) is 0 Å². The number of hydrogen-bond donors (Lipinski definition) is 2. The zero-order valence-electron chi connectivity index (χ0n) is 2.66. The molecule has 0 aliphatic carbocycles. The molecule has 36 valence electrons. The molecule has 0 radical (unpaired) electrons. The minimum absolute atomic E-state index is 0.490. The molecule has 0 aromatic carbocycles. The van der Waals surface area contributed by atoms with Gasteiger partial charge in [0.15, 0.2) is 0 Å². The van der Waals surface area contributed by atoms with E-state index in [0.29, 0.717) is 11.1 Å². The summed E-state index contributed by atoms with van der Waals surface area (Å²) in [6.45, 7) is 0. The molecule has 0 aromatic heterocycles. The molecule has 0 atom stereocenters. The van der Waals surface area contributed by atoms with Crippen LogP contribution in [-0.4, -0.2) is 6.03 Å². The summed E-state index contributed by atoms with van der Waals surface area (Å²) in [6.07, 6.45) is 0. The summed E-state index contributed by atoms with van der Waals surface area (Å²) in [5.41, 5.74) is 0.979. The molecule has 0 fully saturated rings. The van der Waals surface area contributed by atoms with Gasteiger partial charge in [-0.2, -0.15) is 11.1 Å². The van der Waals surface area contributed by atoms with Crippen molar-refractivity contribution in [2.75, 3.05) is 0 Å². The molecule has 0 rings (SSSR count). The highest BCUT2D eigenvalue weighted by atomic mass is 19.2. The Labute approximate surface area is 32.2 Å². The van der Waals surface area contributed by atoms with Crippen LogP contribution in [0.15, 0.2) is 0 Å². The van der Waals surface area contributed by atoms with Crippen molar-refractivity contribution in [2.24, 2.45) is 0 Å². The molecule has 5 heteroatoms. The summed E-state index contributed by atoms with van der Waals surface area (Å²) >= 11 is 0. The molecule has 0 aliphatic heterocycles. The fourth-order valence-electron chi connectivity index (χ4n) is 0.0179. The minimum atomic E-state index is -1.49. The van der Waals surface area contributed by atoms with Crippen molar-refractivity contribution in [3.63, 3.8) is 0 Å². The smallest absolute Gasteiger partial charge is 0.244 e. The first-order valence-corrected chi connectivity index (χ1v) is 1.08. The molecule has 2 N–H and O–H groups in total. The van der Waals surface area contributed by atoms with Crippen LogP contribution in [0.4, 0.5) is 13.8 Å². The topological polar surface area (TPSA) is 41.1 Å². The fourth-order valence-corrected chi connectivity index (χ4v) is 0.0179. The van der Waals surface area contributed by atoms with Crippen LogP contribution in [-0.2, 0) is 0 Å². The van der Waals surface area contributed by atoms with E-state index in [1.807, 2.05) is 0 Å². The summed E-state index contributed by atoms with van der Waals surface area (Å²) in [5, 5.41) is 0. The van der Waals surface area contributed by atoms with Crippen LogP contribution in [0.5, 0.6) is 0 Å². The molecule has 0 unspecified atom stereocenters. The van der Waals surface area contributed by atoms with Crippen LogP contribution in [0.1, 0.15) is 0 Å². The number of amides is 2. The molecule has 0 aliphatic rings. The van der Waals surface area contributed by atoms with Gasteiger partial charge in [-0.25, -0.2) is 4.79 Å². The highest BCUT2D eigenvalue weighted by Crippen LogP contribution is 1.58. The fraction of sp³-hybridized carbons (Fsp3) is 0. The molecule has 0 heterocycles. The predicted octanol–water partition coefficient (Wildman–Crippen LogP) is 0.0546. The lowest BCUT2D eigenvalue weighted by Gasteiger charge is -1.82. The number of carbonyl (C=O) groups is 1. The Balaban J connectivity index is 2.99. The van der Waals surface area contributed by atoms with E-state index >= 15 is 0 Å². The van der Waals surface area contributed by atoms with Crippen LogP contribution in [0.25, 0.3) is 0 Å². The highest BCUT2D eigenvalue weighted by molar-refractivity contribution is 5.71. The summed E-state index contributed by atoms with van der Waals surface area (Å²) in [5.74, 6) is 0. The zero-order valence-corrected chi connectivity index (χ0v) is 2.66. The van der Waals surface area contributed by atoms with E-state index in [1.54, 1.807) is 0 Å². The lowest BCUT2D eigenvalue weighted by atomic mass is 11.2. The van der Waals surface area contributed by atoms with Crippen molar-refractivity contribution in [2.45, 2.75) is 0 Å². The third kappa shape index (κ3) is 1.45. The van der Waals surface area contributed by atoms with E-state index in [4.69, 9.17) is 0 Å². The maximum atomic E-state index is 10.5. The van der Waals surface area contributed by atoms with Gasteiger partial charge in [0.25, 0.3) is 0 Å². The monoisotopic (exact) mass is 96.0 g/mol. The second kappa shape index (κ2) is 2.37. The average molecular weight is 96.0 g/mol. The summed E-state index contributed by atoms with van der Waals surface area (Å²) in [4.78, 5) is 9.21. The first-order valence-electron chi connectivity index (χ1n) is 1.08. The first kappa shape index (κ1) is 5.13. The Kier molecular flexibility index (Phi) is 2.03. The molecule has 3 nitrogen and oxygen atoms in total. The summed E-state index contributed by atoms with van der Waals surface area (Å²) in [7, 11) is 0. The average Bonchev–Trinajstić information content (AvgIpc) is 1.65. The molecule has 0 spiro atoms. The van der Waals surface area contributed by atoms with Crippen LogP contribution >= 0.6 is 0 Å². The lowest BCUT2D eigenvalue weighted by Crippen LogP contribution is -2.22. The number of hydrogen-bond acceptors (Lipinski definition) is 1.